The lowest BCUT2D eigenvalue weighted by atomic mass is 10.0. The molecular weight excluding hydrogens is 404 g/mol. The molecule has 0 spiro atoms. The lowest BCUT2D eigenvalue weighted by Crippen LogP contribution is -2.22. The maximum absolute atomic E-state index is 5.74. The molecule has 0 aromatic heterocycles. The van der Waals surface area contributed by atoms with Crippen LogP contribution in [0.2, 0.25) is 6.04 Å². The van der Waals surface area contributed by atoms with Crippen molar-refractivity contribution in [1.82, 2.24) is 0 Å². The van der Waals surface area contributed by atoms with Crippen molar-refractivity contribution in [2.24, 2.45) is 0 Å². The average Bonchev–Trinajstić information content (AvgIpc) is 3.59. The van der Waals surface area contributed by atoms with Crippen molar-refractivity contribution >= 4 is 9.28 Å². The fraction of sp³-hybridized carbons (Fsp3) is 1.00. The topological polar surface area (TPSA) is 40.2 Å². The Morgan fingerprint density at radius 1 is 0.613 bits per heavy atom. The van der Waals surface area contributed by atoms with Crippen LogP contribution in [0.25, 0.3) is 0 Å². The smallest absolute Gasteiger partial charge is 0.321 e. The van der Waals surface area contributed by atoms with Gasteiger partial charge >= 0.3 is 9.28 Å². The summed E-state index contributed by atoms with van der Waals surface area (Å²) in [6, 6.07) is 1.19. The van der Waals surface area contributed by atoms with E-state index in [1.165, 1.54) is 115 Å². The number of rotatable bonds is 26. The molecule has 0 amide bonds. The molecule has 0 aliphatic carbocycles. The minimum Gasteiger partial charge on any atom is -0.397 e. The first kappa shape index (κ1) is 29.1. The molecule has 5 heteroatoms. The van der Waals surface area contributed by atoms with E-state index in [0.717, 1.165) is 33.0 Å². The SMILES string of the molecule is CCO[SiH](CCCCCCCCCCCCCCCCCCCOCC1CO1)OCC. The summed E-state index contributed by atoms with van der Waals surface area (Å²) in [5.41, 5.74) is 0. The second-order valence-electron chi connectivity index (χ2n) is 9.17. The van der Waals surface area contributed by atoms with E-state index in [1.807, 2.05) is 0 Å². The number of ether oxygens (including phenoxy) is 2. The normalized spacial score (nSPS) is 15.8. The van der Waals surface area contributed by atoms with Gasteiger partial charge in [0.05, 0.1) is 13.2 Å². The van der Waals surface area contributed by atoms with Gasteiger partial charge in [0, 0.05) is 19.8 Å². The Morgan fingerprint density at radius 3 is 1.39 bits per heavy atom. The lowest BCUT2D eigenvalue weighted by Gasteiger charge is -2.14. The summed E-state index contributed by atoms with van der Waals surface area (Å²) >= 11 is 0. The Bertz CT molecular complexity index is 346. The van der Waals surface area contributed by atoms with Gasteiger partial charge in [0.15, 0.2) is 0 Å². The Balaban J connectivity index is 1.65. The second kappa shape index (κ2) is 23.2. The summed E-state index contributed by atoms with van der Waals surface area (Å²) in [5.74, 6) is 0. The molecule has 0 aromatic rings. The second-order valence-corrected chi connectivity index (χ2v) is 11.3. The number of hydrogen-bond donors (Lipinski definition) is 0. The van der Waals surface area contributed by atoms with E-state index >= 15 is 0 Å². The van der Waals surface area contributed by atoms with Crippen LogP contribution in [0.15, 0.2) is 0 Å². The van der Waals surface area contributed by atoms with E-state index < -0.39 is 9.28 Å². The highest BCUT2D eigenvalue weighted by Gasteiger charge is 2.21. The Morgan fingerprint density at radius 2 is 1.00 bits per heavy atom. The minimum absolute atomic E-state index is 0.419. The summed E-state index contributed by atoms with van der Waals surface area (Å²) < 4.78 is 22.2. The summed E-state index contributed by atoms with van der Waals surface area (Å²) in [5, 5.41) is 0. The zero-order valence-corrected chi connectivity index (χ0v) is 22.2. The molecule has 0 N–H and O–H groups in total. The molecule has 0 aromatic carbocycles. The van der Waals surface area contributed by atoms with Crippen LogP contribution in [0.5, 0.6) is 0 Å². The Hall–Kier alpha value is 0.0569. The van der Waals surface area contributed by atoms with Crippen LogP contribution in [-0.4, -0.2) is 48.4 Å². The summed E-state index contributed by atoms with van der Waals surface area (Å²) in [4.78, 5) is 0. The fourth-order valence-corrected chi connectivity index (χ4v) is 5.93. The molecule has 1 aliphatic rings. The van der Waals surface area contributed by atoms with E-state index in [4.69, 9.17) is 18.3 Å². The number of hydrogen-bond acceptors (Lipinski definition) is 4. The standard InChI is InChI=1S/C26H54O4Si/c1-3-29-31(30-4-2)23-21-19-17-15-13-11-9-7-5-6-8-10-12-14-16-18-20-22-27-24-26-25-28-26/h26,31H,3-25H2,1-2H3. The molecule has 1 saturated heterocycles. The molecule has 1 unspecified atom stereocenters. The van der Waals surface area contributed by atoms with E-state index in [2.05, 4.69) is 13.8 Å². The molecule has 0 radical (unpaired) electrons. The third-order valence-corrected chi connectivity index (χ3v) is 8.43. The molecule has 1 fully saturated rings. The highest BCUT2D eigenvalue weighted by molar-refractivity contribution is 6.44. The lowest BCUT2D eigenvalue weighted by molar-refractivity contribution is 0.113. The first-order valence-corrected chi connectivity index (χ1v) is 15.5. The maximum Gasteiger partial charge on any atom is 0.321 e. The quantitative estimate of drug-likeness (QED) is 0.0773. The average molecular weight is 459 g/mol. The first-order valence-electron chi connectivity index (χ1n) is 13.8. The van der Waals surface area contributed by atoms with Crippen molar-refractivity contribution in [2.75, 3.05) is 33.0 Å². The number of epoxide rings is 1. The Labute approximate surface area is 196 Å². The van der Waals surface area contributed by atoms with E-state index in [9.17, 15) is 0 Å². The molecule has 186 valence electrons. The van der Waals surface area contributed by atoms with Gasteiger partial charge < -0.3 is 18.3 Å². The fourth-order valence-electron chi connectivity index (χ4n) is 4.13. The third-order valence-electron chi connectivity index (χ3n) is 6.14. The van der Waals surface area contributed by atoms with Gasteiger partial charge in [-0.25, -0.2) is 0 Å². The van der Waals surface area contributed by atoms with Gasteiger partial charge in [-0.1, -0.05) is 103 Å². The largest absolute Gasteiger partial charge is 0.397 e. The van der Waals surface area contributed by atoms with Crippen molar-refractivity contribution < 1.29 is 18.3 Å². The number of unbranched alkanes of at least 4 members (excludes halogenated alkanes) is 16. The maximum atomic E-state index is 5.74. The highest BCUT2D eigenvalue weighted by atomic mass is 28.3. The molecule has 1 aliphatic heterocycles. The van der Waals surface area contributed by atoms with Crippen LogP contribution in [0.4, 0.5) is 0 Å². The van der Waals surface area contributed by atoms with Gasteiger partial charge in [0.2, 0.25) is 0 Å². The van der Waals surface area contributed by atoms with Crippen molar-refractivity contribution in [1.29, 1.82) is 0 Å². The van der Waals surface area contributed by atoms with E-state index in [1.54, 1.807) is 0 Å². The van der Waals surface area contributed by atoms with Crippen LogP contribution < -0.4 is 0 Å². The molecule has 4 nitrogen and oxygen atoms in total. The predicted molar refractivity (Wildman–Crippen MR) is 134 cm³/mol. The zero-order chi connectivity index (χ0) is 22.2. The molecule has 1 heterocycles. The van der Waals surface area contributed by atoms with Gasteiger partial charge in [0.1, 0.15) is 6.10 Å². The molecular formula is C26H54O4Si. The van der Waals surface area contributed by atoms with E-state index in [0.29, 0.717) is 6.10 Å². The van der Waals surface area contributed by atoms with Gasteiger partial charge in [-0.3, -0.25) is 0 Å². The van der Waals surface area contributed by atoms with Crippen molar-refractivity contribution in [3.8, 4) is 0 Å². The van der Waals surface area contributed by atoms with Crippen LogP contribution in [0.1, 0.15) is 123 Å². The Kier molecular flexibility index (Phi) is 21.8. The zero-order valence-electron chi connectivity index (χ0n) is 21.1. The van der Waals surface area contributed by atoms with Crippen LogP contribution in [0.3, 0.4) is 0 Å². The predicted octanol–water partition coefficient (Wildman–Crippen LogP) is 7.33. The van der Waals surface area contributed by atoms with Crippen molar-refractivity contribution in [3.63, 3.8) is 0 Å². The molecule has 1 atom stereocenters. The summed E-state index contributed by atoms with van der Waals surface area (Å²) in [7, 11) is -1.34. The van der Waals surface area contributed by atoms with Gasteiger partial charge in [-0.15, -0.1) is 0 Å². The van der Waals surface area contributed by atoms with Gasteiger partial charge in [-0.05, 0) is 26.3 Å². The highest BCUT2D eigenvalue weighted by Crippen LogP contribution is 2.15. The van der Waals surface area contributed by atoms with E-state index in [-0.39, 0.29) is 0 Å². The summed E-state index contributed by atoms with van der Waals surface area (Å²) in [6.45, 7) is 8.41. The minimum atomic E-state index is -1.34. The van der Waals surface area contributed by atoms with Crippen LogP contribution in [0, 0.1) is 0 Å². The first-order chi connectivity index (χ1) is 15.4. The monoisotopic (exact) mass is 458 g/mol. The van der Waals surface area contributed by atoms with Gasteiger partial charge in [-0.2, -0.15) is 0 Å². The van der Waals surface area contributed by atoms with Crippen molar-refractivity contribution in [2.45, 2.75) is 135 Å². The molecule has 0 bridgehead atoms. The van der Waals surface area contributed by atoms with Crippen LogP contribution >= 0.6 is 0 Å². The van der Waals surface area contributed by atoms with Crippen molar-refractivity contribution in [3.05, 3.63) is 0 Å². The van der Waals surface area contributed by atoms with Gasteiger partial charge in [0.25, 0.3) is 0 Å². The molecule has 1 rings (SSSR count). The molecule has 0 saturated carbocycles. The third kappa shape index (κ3) is 21.7. The summed E-state index contributed by atoms with van der Waals surface area (Å²) in [6.07, 6.45) is 24.2. The molecule has 31 heavy (non-hydrogen) atoms. The van der Waals surface area contributed by atoms with Crippen LogP contribution in [-0.2, 0) is 18.3 Å².